The number of halogens is 6. The van der Waals surface area contributed by atoms with Crippen LogP contribution < -0.4 is 10.2 Å². The van der Waals surface area contributed by atoms with Crippen molar-refractivity contribution in [3.63, 3.8) is 0 Å². The van der Waals surface area contributed by atoms with Crippen molar-refractivity contribution in [2.24, 2.45) is 5.41 Å². The molecule has 11 heteroatoms. The Labute approximate surface area is 191 Å². The predicted octanol–water partition coefficient (Wildman–Crippen LogP) is 6.55. The third kappa shape index (κ3) is 5.23. The van der Waals surface area contributed by atoms with Crippen LogP contribution in [0.15, 0.2) is 35.4 Å². The summed E-state index contributed by atoms with van der Waals surface area (Å²) in [5, 5.41) is 2.61. The summed E-state index contributed by atoms with van der Waals surface area (Å²) in [5.41, 5.74) is -3.19. The monoisotopic (exact) mass is 491 g/mol. The second-order valence-electron chi connectivity index (χ2n) is 8.22. The largest absolute Gasteiger partial charge is 0.418 e. The third-order valence-electron chi connectivity index (χ3n) is 6.03. The van der Waals surface area contributed by atoms with E-state index in [9.17, 15) is 31.1 Å². The van der Waals surface area contributed by atoms with E-state index in [0.29, 0.717) is 11.9 Å². The highest BCUT2D eigenvalue weighted by atomic mass is 32.2. The molecule has 1 fully saturated rings. The molecule has 3 rings (SSSR count). The third-order valence-corrected chi connectivity index (χ3v) is 6.75. The lowest BCUT2D eigenvalue weighted by Gasteiger charge is -2.41. The molecule has 33 heavy (non-hydrogen) atoms. The number of aromatic nitrogens is 1. The zero-order valence-electron chi connectivity index (χ0n) is 18.2. The van der Waals surface area contributed by atoms with Crippen molar-refractivity contribution in [2.45, 2.75) is 43.9 Å². The number of benzene rings is 1. The number of thioether (sulfide) groups is 1. The lowest BCUT2D eigenvalue weighted by molar-refractivity contribution is -0.224. The van der Waals surface area contributed by atoms with Crippen LogP contribution in [0.4, 0.5) is 37.8 Å². The molecule has 180 valence electrons. The Balaban J connectivity index is 1.99. The van der Waals surface area contributed by atoms with Gasteiger partial charge in [-0.05, 0) is 49.8 Å². The van der Waals surface area contributed by atoms with Crippen molar-refractivity contribution < 1.29 is 31.1 Å². The van der Waals surface area contributed by atoms with Gasteiger partial charge in [-0.3, -0.25) is 4.79 Å². The van der Waals surface area contributed by atoms with Gasteiger partial charge in [0.15, 0.2) is 0 Å². The van der Waals surface area contributed by atoms with E-state index in [2.05, 4.69) is 10.3 Å². The van der Waals surface area contributed by atoms with E-state index in [1.54, 1.807) is 18.2 Å². The van der Waals surface area contributed by atoms with Crippen LogP contribution in [-0.4, -0.2) is 36.4 Å². The van der Waals surface area contributed by atoms with E-state index in [1.807, 2.05) is 12.3 Å². The Bertz CT molecular complexity index is 1030. The van der Waals surface area contributed by atoms with Crippen LogP contribution in [0.25, 0.3) is 0 Å². The molecular weight excluding hydrogens is 468 g/mol. The normalized spacial score (nSPS) is 16.6. The van der Waals surface area contributed by atoms with Crippen LogP contribution in [0.1, 0.15) is 41.3 Å². The molecule has 2 aromatic rings. The zero-order valence-corrected chi connectivity index (χ0v) is 19.0. The number of pyridine rings is 1. The summed E-state index contributed by atoms with van der Waals surface area (Å²) < 4.78 is 80.7. The van der Waals surface area contributed by atoms with Crippen molar-refractivity contribution in [3.8, 4) is 0 Å². The SMILES string of the molecule is CSc1cccc(NC(=O)c2c(N3CCC(C)(C(F)(F)F)CC3)ncc(C(F)(F)F)c2C)c1. The molecule has 1 aromatic carbocycles. The minimum atomic E-state index is -4.74. The number of alkyl halides is 6. The van der Waals surface area contributed by atoms with Crippen LogP contribution in [0.5, 0.6) is 0 Å². The molecule has 0 saturated carbocycles. The Morgan fingerprint density at radius 2 is 1.79 bits per heavy atom. The molecule has 1 N–H and O–H groups in total. The first kappa shape index (κ1) is 25.2. The van der Waals surface area contributed by atoms with Crippen LogP contribution in [0.2, 0.25) is 0 Å². The molecule has 1 aliphatic rings. The number of nitrogens with zero attached hydrogens (tertiary/aromatic N) is 2. The average molecular weight is 492 g/mol. The Morgan fingerprint density at radius 1 is 1.15 bits per heavy atom. The number of hydrogen-bond donors (Lipinski definition) is 1. The van der Waals surface area contributed by atoms with Crippen molar-refractivity contribution in [3.05, 3.63) is 47.2 Å². The minimum absolute atomic E-state index is 0.0526. The number of hydrogen-bond acceptors (Lipinski definition) is 4. The second-order valence-corrected chi connectivity index (χ2v) is 9.10. The van der Waals surface area contributed by atoms with Crippen LogP contribution in [0.3, 0.4) is 0 Å². The summed E-state index contributed by atoms with van der Waals surface area (Å²) in [6.45, 7) is 2.12. The van der Waals surface area contributed by atoms with Gasteiger partial charge in [0, 0.05) is 29.9 Å². The van der Waals surface area contributed by atoms with Crippen molar-refractivity contribution in [2.75, 3.05) is 29.6 Å². The number of piperidine rings is 1. The van der Waals surface area contributed by atoms with Gasteiger partial charge in [0.25, 0.3) is 5.91 Å². The first-order chi connectivity index (χ1) is 15.3. The smallest absolute Gasteiger partial charge is 0.356 e. The van der Waals surface area contributed by atoms with Gasteiger partial charge in [0.1, 0.15) is 5.82 Å². The number of amides is 1. The molecule has 1 aromatic heterocycles. The summed E-state index contributed by atoms with van der Waals surface area (Å²) in [6, 6.07) is 6.79. The molecule has 1 aliphatic heterocycles. The van der Waals surface area contributed by atoms with E-state index in [4.69, 9.17) is 0 Å². The quantitative estimate of drug-likeness (QED) is 0.389. The molecule has 0 bridgehead atoms. The summed E-state index contributed by atoms with van der Waals surface area (Å²) >= 11 is 1.43. The molecule has 0 spiro atoms. The van der Waals surface area contributed by atoms with E-state index < -0.39 is 29.2 Å². The molecule has 0 radical (unpaired) electrons. The molecule has 4 nitrogen and oxygen atoms in total. The fourth-order valence-corrected chi connectivity index (χ4v) is 4.24. The Hall–Kier alpha value is -2.43. The molecule has 0 aliphatic carbocycles. The van der Waals surface area contributed by atoms with Gasteiger partial charge < -0.3 is 10.2 Å². The predicted molar refractivity (Wildman–Crippen MR) is 116 cm³/mol. The highest BCUT2D eigenvalue weighted by molar-refractivity contribution is 7.98. The van der Waals surface area contributed by atoms with Gasteiger partial charge in [0.05, 0.1) is 16.5 Å². The van der Waals surface area contributed by atoms with Crippen LogP contribution in [0, 0.1) is 12.3 Å². The summed E-state index contributed by atoms with van der Waals surface area (Å²) in [5.74, 6) is -0.855. The molecule has 0 unspecified atom stereocenters. The van der Waals surface area contributed by atoms with Gasteiger partial charge in [-0.1, -0.05) is 13.0 Å². The molecule has 2 heterocycles. The van der Waals surface area contributed by atoms with E-state index in [-0.39, 0.29) is 42.9 Å². The Morgan fingerprint density at radius 3 is 2.33 bits per heavy atom. The maximum absolute atomic E-state index is 13.5. The maximum atomic E-state index is 13.5. The number of rotatable bonds is 4. The minimum Gasteiger partial charge on any atom is -0.356 e. The average Bonchev–Trinajstić information content (AvgIpc) is 2.72. The standard InChI is InChI=1S/C22H23F6N3OS/c1-13-16(21(23,24)25)12-29-18(31-9-7-20(2,8-10-31)22(26,27)28)17(13)19(32)30-14-5-4-6-15(11-14)33-3/h4-6,11-12H,7-10H2,1-3H3,(H,30,32). The van der Waals surface area contributed by atoms with Crippen molar-refractivity contribution in [1.29, 1.82) is 0 Å². The number of carbonyl (C=O) groups excluding carboxylic acids is 1. The summed E-state index contributed by atoms with van der Waals surface area (Å²) in [6.07, 6.45) is -7.17. The Kier molecular flexibility index (Phi) is 6.93. The fourth-order valence-electron chi connectivity index (χ4n) is 3.78. The zero-order chi connectivity index (χ0) is 24.6. The van der Waals surface area contributed by atoms with Gasteiger partial charge in [0.2, 0.25) is 0 Å². The maximum Gasteiger partial charge on any atom is 0.418 e. The van der Waals surface area contributed by atoms with Gasteiger partial charge >= 0.3 is 12.4 Å². The first-order valence-corrected chi connectivity index (χ1v) is 11.3. The number of carbonyl (C=O) groups is 1. The van der Waals surface area contributed by atoms with Gasteiger partial charge in [-0.15, -0.1) is 11.8 Å². The van der Waals surface area contributed by atoms with Crippen molar-refractivity contribution >= 4 is 29.2 Å². The van der Waals surface area contributed by atoms with E-state index in [1.165, 1.54) is 23.6 Å². The van der Waals surface area contributed by atoms with Crippen LogP contribution >= 0.6 is 11.8 Å². The highest BCUT2D eigenvalue weighted by Gasteiger charge is 2.52. The van der Waals surface area contributed by atoms with Gasteiger partial charge in [-0.25, -0.2) is 4.98 Å². The van der Waals surface area contributed by atoms with Crippen molar-refractivity contribution in [1.82, 2.24) is 4.98 Å². The summed E-state index contributed by atoms with van der Waals surface area (Å²) in [4.78, 5) is 19.3. The highest BCUT2D eigenvalue weighted by Crippen LogP contribution is 2.46. The van der Waals surface area contributed by atoms with E-state index in [0.717, 1.165) is 11.8 Å². The number of nitrogens with one attached hydrogen (secondary N) is 1. The molecule has 1 saturated heterocycles. The topological polar surface area (TPSA) is 45.2 Å². The van der Waals surface area contributed by atoms with E-state index >= 15 is 0 Å². The van der Waals surface area contributed by atoms with Gasteiger partial charge in [-0.2, -0.15) is 26.3 Å². The molecular formula is C22H23F6N3OS. The molecule has 0 atom stereocenters. The number of anilines is 2. The first-order valence-electron chi connectivity index (χ1n) is 10.1. The lowest BCUT2D eigenvalue weighted by atomic mass is 9.79. The van der Waals surface area contributed by atoms with Crippen LogP contribution in [-0.2, 0) is 6.18 Å². The summed E-state index contributed by atoms with van der Waals surface area (Å²) in [7, 11) is 0. The lowest BCUT2D eigenvalue weighted by Crippen LogP contribution is -2.47. The second kappa shape index (κ2) is 9.08. The fraction of sp³-hybridized carbons (Fsp3) is 0.455. The molecule has 1 amide bonds.